The molecule has 0 aliphatic rings. The summed E-state index contributed by atoms with van der Waals surface area (Å²) in [5.41, 5.74) is 1.42. The van der Waals surface area contributed by atoms with E-state index in [-0.39, 0.29) is 22.8 Å². The number of benzene rings is 2. The summed E-state index contributed by atoms with van der Waals surface area (Å²) in [4.78, 5) is 28.9. The molecule has 0 radical (unpaired) electrons. The quantitative estimate of drug-likeness (QED) is 0.418. The van der Waals surface area contributed by atoms with Crippen molar-refractivity contribution in [1.29, 1.82) is 0 Å². The molecule has 0 amide bonds. The van der Waals surface area contributed by atoms with Crippen LogP contribution in [0.5, 0.6) is 0 Å². The summed E-state index contributed by atoms with van der Waals surface area (Å²) in [6.07, 6.45) is 0. The third kappa shape index (κ3) is 4.66. The summed E-state index contributed by atoms with van der Waals surface area (Å²) in [6, 6.07) is 11.0. The zero-order valence-electron chi connectivity index (χ0n) is 16.7. The molecule has 0 aliphatic carbocycles. The number of sulfonamides is 1. The summed E-state index contributed by atoms with van der Waals surface area (Å²) in [6.45, 7) is 2.00. The van der Waals surface area contributed by atoms with Crippen LogP contribution in [0.3, 0.4) is 0 Å². The van der Waals surface area contributed by atoms with E-state index in [4.69, 9.17) is 4.74 Å². The van der Waals surface area contributed by atoms with Crippen LogP contribution in [0.25, 0.3) is 10.2 Å². The number of ether oxygens (including phenoxy) is 1. The Morgan fingerprint density at radius 2 is 1.90 bits per heavy atom. The number of carbonyl (C=O) groups is 2. The van der Waals surface area contributed by atoms with Crippen LogP contribution in [-0.2, 0) is 14.8 Å². The van der Waals surface area contributed by atoms with Crippen molar-refractivity contribution in [2.24, 2.45) is 0 Å². The van der Waals surface area contributed by atoms with Crippen LogP contribution < -0.4 is 5.32 Å². The van der Waals surface area contributed by atoms with Gasteiger partial charge in [0.25, 0.3) is 0 Å². The molecule has 3 aromatic rings. The van der Waals surface area contributed by atoms with Crippen LogP contribution in [0.4, 0.5) is 5.13 Å². The third-order valence-corrected chi connectivity index (χ3v) is 7.02. The van der Waals surface area contributed by atoms with Crippen LogP contribution in [0.1, 0.15) is 27.6 Å². The second kappa shape index (κ2) is 8.90. The molecule has 3 rings (SSSR count). The van der Waals surface area contributed by atoms with E-state index in [2.05, 4.69) is 10.3 Å². The number of Topliss-reactive ketones (excluding diaryl/α,β-unsaturated/α-hetero) is 1. The second-order valence-corrected chi connectivity index (χ2v) is 9.70. The zero-order chi connectivity index (χ0) is 21.9. The maximum Gasteiger partial charge on any atom is 0.338 e. The Morgan fingerprint density at radius 1 is 1.13 bits per heavy atom. The van der Waals surface area contributed by atoms with E-state index < -0.39 is 16.0 Å². The van der Waals surface area contributed by atoms with Crippen molar-refractivity contribution in [2.75, 3.05) is 32.6 Å². The number of esters is 1. The molecule has 1 heterocycles. The molecular weight excluding hydrogens is 426 g/mol. The van der Waals surface area contributed by atoms with Crippen LogP contribution in [0, 0.1) is 0 Å². The van der Waals surface area contributed by atoms with Gasteiger partial charge < -0.3 is 10.1 Å². The van der Waals surface area contributed by atoms with Gasteiger partial charge in [0.15, 0.2) is 10.9 Å². The summed E-state index contributed by atoms with van der Waals surface area (Å²) in [5.74, 6) is -0.665. The number of fused-ring (bicyclic) bond motifs is 1. The Balaban J connectivity index is 1.73. The standard InChI is InChI=1S/C20H21N3O5S2/c1-4-28-19(25)14-8-9-16-18(11-14)29-20(22-16)21-12-17(24)13-6-5-7-15(10-13)30(26,27)23(2)3/h5-11H,4,12H2,1-3H3,(H,21,22). The van der Waals surface area contributed by atoms with Crippen LogP contribution in [0.2, 0.25) is 0 Å². The zero-order valence-corrected chi connectivity index (χ0v) is 18.3. The minimum Gasteiger partial charge on any atom is -0.462 e. The number of nitrogens with zero attached hydrogens (tertiary/aromatic N) is 2. The van der Waals surface area contributed by atoms with E-state index in [1.54, 1.807) is 31.2 Å². The van der Waals surface area contributed by atoms with E-state index in [9.17, 15) is 18.0 Å². The van der Waals surface area contributed by atoms with E-state index >= 15 is 0 Å². The van der Waals surface area contributed by atoms with Crippen molar-refractivity contribution in [1.82, 2.24) is 9.29 Å². The lowest BCUT2D eigenvalue weighted by atomic mass is 10.1. The molecule has 0 spiro atoms. The van der Waals surface area contributed by atoms with Gasteiger partial charge in [-0.25, -0.2) is 22.5 Å². The van der Waals surface area contributed by atoms with Crippen molar-refractivity contribution < 1.29 is 22.7 Å². The Kier molecular flexibility index (Phi) is 6.49. The van der Waals surface area contributed by atoms with E-state index in [0.717, 1.165) is 9.01 Å². The maximum atomic E-state index is 12.5. The van der Waals surface area contributed by atoms with Gasteiger partial charge in [-0.05, 0) is 37.3 Å². The highest BCUT2D eigenvalue weighted by molar-refractivity contribution is 7.89. The van der Waals surface area contributed by atoms with Crippen molar-refractivity contribution in [3.63, 3.8) is 0 Å². The SMILES string of the molecule is CCOC(=O)c1ccc2nc(NCC(=O)c3cccc(S(=O)(=O)N(C)C)c3)sc2c1. The summed E-state index contributed by atoms with van der Waals surface area (Å²) in [7, 11) is -0.747. The summed E-state index contributed by atoms with van der Waals surface area (Å²) < 4.78 is 31.4. The lowest BCUT2D eigenvalue weighted by molar-refractivity contribution is 0.0526. The molecule has 0 saturated carbocycles. The fourth-order valence-electron chi connectivity index (χ4n) is 2.64. The Bertz CT molecular complexity index is 1200. The summed E-state index contributed by atoms with van der Waals surface area (Å²) in [5, 5.41) is 3.49. The van der Waals surface area contributed by atoms with Crippen molar-refractivity contribution >= 4 is 48.5 Å². The number of hydrogen-bond donors (Lipinski definition) is 1. The maximum absolute atomic E-state index is 12.5. The Hall–Kier alpha value is -2.82. The molecule has 30 heavy (non-hydrogen) atoms. The van der Waals surface area contributed by atoms with Gasteiger partial charge in [-0.2, -0.15) is 0 Å². The molecule has 2 aromatic carbocycles. The van der Waals surface area contributed by atoms with Crippen LogP contribution in [0.15, 0.2) is 47.4 Å². The van der Waals surface area contributed by atoms with E-state index in [0.29, 0.717) is 22.8 Å². The molecule has 0 saturated heterocycles. The second-order valence-electron chi connectivity index (χ2n) is 6.51. The first-order chi connectivity index (χ1) is 14.2. The molecule has 1 aromatic heterocycles. The number of thiazole rings is 1. The van der Waals surface area contributed by atoms with Crippen molar-refractivity contribution in [3.05, 3.63) is 53.6 Å². The number of hydrogen-bond acceptors (Lipinski definition) is 8. The van der Waals surface area contributed by atoms with Gasteiger partial charge >= 0.3 is 5.97 Å². The minimum atomic E-state index is -3.62. The predicted molar refractivity (Wildman–Crippen MR) is 116 cm³/mol. The lowest BCUT2D eigenvalue weighted by Crippen LogP contribution is -2.22. The van der Waals surface area contributed by atoms with Gasteiger partial charge in [0, 0.05) is 19.7 Å². The molecular formula is C20H21N3O5S2. The van der Waals surface area contributed by atoms with Gasteiger partial charge in [-0.1, -0.05) is 23.5 Å². The lowest BCUT2D eigenvalue weighted by Gasteiger charge is -2.12. The predicted octanol–water partition coefficient (Wildman–Crippen LogP) is 3.02. The summed E-state index contributed by atoms with van der Waals surface area (Å²) >= 11 is 1.31. The average Bonchev–Trinajstić information content (AvgIpc) is 3.14. The largest absolute Gasteiger partial charge is 0.462 e. The monoisotopic (exact) mass is 447 g/mol. The Morgan fingerprint density at radius 3 is 2.60 bits per heavy atom. The highest BCUT2D eigenvalue weighted by Gasteiger charge is 2.19. The molecule has 0 bridgehead atoms. The minimum absolute atomic E-state index is 0.0456. The molecule has 158 valence electrons. The molecule has 0 aliphatic heterocycles. The molecule has 0 fully saturated rings. The van der Waals surface area contributed by atoms with Crippen molar-refractivity contribution in [2.45, 2.75) is 11.8 Å². The number of nitrogens with one attached hydrogen (secondary N) is 1. The first kappa shape index (κ1) is 21.9. The first-order valence-electron chi connectivity index (χ1n) is 9.09. The number of rotatable bonds is 8. The van der Waals surface area contributed by atoms with E-state index in [1.807, 2.05) is 0 Å². The van der Waals surface area contributed by atoms with Crippen LogP contribution >= 0.6 is 11.3 Å². The average molecular weight is 448 g/mol. The smallest absolute Gasteiger partial charge is 0.338 e. The Labute approximate surface area is 178 Å². The highest BCUT2D eigenvalue weighted by Crippen LogP contribution is 2.27. The third-order valence-electron chi connectivity index (χ3n) is 4.23. The highest BCUT2D eigenvalue weighted by atomic mass is 32.2. The molecule has 0 atom stereocenters. The molecule has 10 heteroatoms. The number of aromatic nitrogens is 1. The van der Waals surface area contributed by atoms with Crippen molar-refractivity contribution in [3.8, 4) is 0 Å². The molecule has 8 nitrogen and oxygen atoms in total. The number of anilines is 1. The van der Waals surface area contributed by atoms with Gasteiger partial charge in [0.1, 0.15) is 0 Å². The normalized spacial score (nSPS) is 11.6. The number of carbonyl (C=O) groups excluding carboxylic acids is 2. The van der Waals surface area contributed by atoms with Crippen LogP contribution in [-0.4, -0.2) is 56.7 Å². The van der Waals surface area contributed by atoms with Gasteiger partial charge in [0.05, 0.1) is 33.8 Å². The fourth-order valence-corrected chi connectivity index (χ4v) is 4.49. The number of ketones is 1. The van der Waals surface area contributed by atoms with Gasteiger partial charge in [0.2, 0.25) is 10.0 Å². The fraction of sp³-hybridized carbons (Fsp3) is 0.250. The molecule has 1 N–H and O–H groups in total. The topological polar surface area (TPSA) is 106 Å². The van der Waals surface area contributed by atoms with E-state index in [1.165, 1.54) is 43.6 Å². The van der Waals surface area contributed by atoms with Gasteiger partial charge in [-0.15, -0.1) is 0 Å². The molecule has 0 unspecified atom stereocenters. The first-order valence-corrected chi connectivity index (χ1v) is 11.4. The van der Waals surface area contributed by atoms with Gasteiger partial charge in [-0.3, -0.25) is 4.79 Å².